The fourth-order valence-electron chi connectivity index (χ4n) is 2.52. The van der Waals surface area contributed by atoms with E-state index in [-0.39, 0.29) is 0 Å². The molecule has 93 valence electrons. The summed E-state index contributed by atoms with van der Waals surface area (Å²) in [5.74, 6) is 1.67. The molecule has 0 spiro atoms. The highest BCUT2D eigenvalue weighted by Crippen LogP contribution is 2.24. The second-order valence-corrected chi connectivity index (χ2v) is 4.77. The van der Waals surface area contributed by atoms with E-state index >= 15 is 0 Å². The van der Waals surface area contributed by atoms with Gasteiger partial charge >= 0.3 is 0 Å². The summed E-state index contributed by atoms with van der Waals surface area (Å²) in [6.45, 7) is 4.50. The van der Waals surface area contributed by atoms with Crippen molar-refractivity contribution in [1.29, 1.82) is 0 Å². The first-order valence-corrected chi connectivity index (χ1v) is 6.73. The maximum Gasteiger partial charge on any atom is 0.120 e. The fraction of sp³-hybridized carbons (Fsp3) is 0.600. The molecule has 1 saturated heterocycles. The van der Waals surface area contributed by atoms with Crippen LogP contribution in [0.25, 0.3) is 0 Å². The number of piperidine rings is 1. The van der Waals surface area contributed by atoms with Gasteiger partial charge in [-0.15, -0.1) is 0 Å². The predicted octanol–water partition coefficient (Wildman–Crippen LogP) is 3.03. The molecule has 1 aliphatic rings. The highest BCUT2D eigenvalue weighted by atomic mass is 16.5. The molecule has 1 aromatic rings. The minimum atomic E-state index is 0.373. The molecular weight excluding hydrogens is 210 g/mol. The summed E-state index contributed by atoms with van der Waals surface area (Å²) in [6, 6.07) is 10.9. The van der Waals surface area contributed by atoms with Crippen molar-refractivity contribution >= 4 is 0 Å². The summed E-state index contributed by atoms with van der Waals surface area (Å²) in [5, 5.41) is 3.41. The molecule has 0 aromatic heterocycles. The normalized spacial score (nSPS) is 18.9. The molecule has 0 amide bonds. The summed E-state index contributed by atoms with van der Waals surface area (Å²) < 4.78 is 6.14. The highest BCUT2D eigenvalue weighted by molar-refractivity contribution is 5.20. The largest absolute Gasteiger partial charge is 0.490 e. The zero-order chi connectivity index (χ0) is 11.9. The summed E-state index contributed by atoms with van der Waals surface area (Å²) in [6.07, 6.45) is 5.19. The van der Waals surface area contributed by atoms with E-state index in [1.165, 1.54) is 19.3 Å². The summed E-state index contributed by atoms with van der Waals surface area (Å²) >= 11 is 0. The van der Waals surface area contributed by atoms with Crippen LogP contribution in [-0.2, 0) is 0 Å². The number of ether oxygens (including phenoxy) is 1. The van der Waals surface area contributed by atoms with Gasteiger partial charge in [0.1, 0.15) is 11.9 Å². The molecule has 1 unspecified atom stereocenters. The lowest BCUT2D eigenvalue weighted by molar-refractivity contribution is 0.103. The molecule has 1 aliphatic heterocycles. The van der Waals surface area contributed by atoms with E-state index < -0.39 is 0 Å². The Morgan fingerprint density at radius 3 is 2.94 bits per heavy atom. The molecular formula is C15H22NO. The van der Waals surface area contributed by atoms with Gasteiger partial charge in [-0.2, -0.15) is 0 Å². The molecule has 2 nitrogen and oxygen atoms in total. The van der Waals surface area contributed by atoms with Crippen molar-refractivity contribution in [3.8, 4) is 5.75 Å². The van der Waals surface area contributed by atoms with Crippen molar-refractivity contribution in [3.63, 3.8) is 0 Å². The third-order valence-corrected chi connectivity index (χ3v) is 3.45. The Bertz CT molecular complexity index is 306. The van der Waals surface area contributed by atoms with Crippen molar-refractivity contribution in [2.45, 2.75) is 38.7 Å². The SMILES string of the molecule is CCCC(Oc1c[c]ccc1)C1CCNCC1. The lowest BCUT2D eigenvalue weighted by atomic mass is 9.89. The highest BCUT2D eigenvalue weighted by Gasteiger charge is 2.24. The molecule has 2 heteroatoms. The first-order valence-electron chi connectivity index (χ1n) is 6.73. The Labute approximate surface area is 104 Å². The number of hydrogen-bond donors (Lipinski definition) is 1. The average Bonchev–Trinajstić information content (AvgIpc) is 2.40. The van der Waals surface area contributed by atoms with E-state index in [9.17, 15) is 0 Å². The topological polar surface area (TPSA) is 21.3 Å². The van der Waals surface area contributed by atoms with E-state index in [4.69, 9.17) is 4.74 Å². The number of hydrogen-bond acceptors (Lipinski definition) is 2. The summed E-state index contributed by atoms with van der Waals surface area (Å²) in [5.41, 5.74) is 0. The predicted molar refractivity (Wildman–Crippen MR) is 70.2 cm³/mol. The molecule has 1 atom stereocenters. The lowest BCUT2D eigenvalue weighted by Crippen LogP contribution is -2.36. The summed E-state index contributed by atoms with van der Waals surface area (Å²) in [7, 11) is 0. The van der Waals surface area contributed by atoms with Gasteiger partial charge in [0.25, 0.3) is 0 Å². The molecule has 1 heterocycles. The van der Waals surface area contributed by atoms with Crippen LogP contribution >= 0.6 is 0 Å². The molecule has 17 heavy (non-hydrogen) atoms. The van der Waals surface area contributed by atoms with Gasteiger partial charge in [0, 0.05) is 0 Å². The van der Waals surface area contributed by atoms with Gasteiger partial charge < -0.3 is 10.1 Å². The van der Waals surface area contributed by atoms with Crippen LogP contribution in [0.15, 0.2) is 24.3 Å². The number of rotatable bonds is 5. The van der Waals surface area contributed by atoms with Gasteiger partial charge in [0.05, 0.1) is 0 Å². The van der Waals surface area contributed by atoms with Crippen molar-refractivity contribution in [1.82, 2.24) is 5.32 Å². The van der Waals surface area contributed by atoms with Crippen LogP contribution in [0.4, 0.5) is 0 Å². The molecule has 1 N–H and O–H groups in total. The Kier molecular flexibility index (Phi) is 4.87. The molecule has 0 saturated carbocycles. The van der Waals surface area contributed by atoms with E-state index in [1.54, 1.807) is 0 Å². The smallest absolute Gasteiger partial charge is 0.120 e. The Morgan fingerprint density at radius 2 is 2.29 bits per heavy atom. The van der Waals surface area contributed by atoms with E-state index in [2.05, 4.69) is 18.3 Å². The molecule has 0 bridgehead atoms. The average molecular weight is 232 g/mol. The van der Waals surface area contributed by atoms with Crippen LogP contribution in [0.2, 0.25) is 0 Å². The van der Waals surface area contributed by atoms with Crippen LogP contribution in [0.5, 0.6) is 5.75 Å². The van der Waals surface area contributed by atoms with Gasteiger partial charge in [-0.1, -0.05) is 25.5 Å². The van der Waals surface area contributed by atoms with Crippen molar-refractivity contribution in [2.24, 2.45) is 5.92 Å². The van der Waals surface area contributed by atoms with Crippen LogP contribution < -0.4 is 10.1 Å². The third kappa shape index (κ3) is 3.74. The maximum atomic E-state index is 6.14. The van der Waals surface area contributed by atoms with Gasteiger partial charge in [-0.25, -0.2) is 0 Å². The number of nitrogens with one attached hydrogen (secondary N) is 1. The second-order valence-electron chi connectivity index (χ2n) is 4.77. The molecule has 1 fully saturated rings. The monoisotopic (exact) mass is 232 g/mol. The standard InChI is InChI=1S/C15H22NO/c1-2-6-15(13-9-11-16-12-10-13)17-14-7-4-3-5-8-14/h3-4,7-8,13,15-16H,2,6,9-12H2,1H3. The zero-order valence-electron chi connectivity index (χ0n) is 10.6. The second kappa shape index (κ2) is 6.65. The van der Waals surface area contributed by atoms with Gasteiger partial charge in [0.15, 0.2) is 0 Å². The van der Waals surface area contributed by atoms with Crippen LogP contribution in [0, 0.1) is 12.0 Å². The first kappa shape index (κ1) is 12.4. The van der Waals surface area contributed by atoms with E-state index in [1.807, 2.05) is 24.3 Å². The van der Waals surface area contributed by atoms with Gasteiger partial charge in [-0.3, -0.25) is 0 Å². The quantitative estimate of drug-likeness (QED) is 0.842. The van der Waals surface area contributed by atoms with Crippen molar-refractivity contribution < 1.29 is 4.74 Å². The van der Waals surface area contributed by atoms with Gasteiger partial charge in [-0.05, 0) is 56.5 Å². The number of benzene rings is 1. The Morgan fingerprint density at radius 1 is 1.47 bits per heavy atom. The lowest BCUT2D eigenvalue weighted by Gasteiger charge is -2.31. The fourth-order valence-corrected chi connectivity index (χ4v) is 2.52. The van der Waals surface area contributed by atoms with Crippen molar-refractivity contribution in [3.05, 3.63) is 30.3 Å². The molecule has 1 radical (unpaired) electrons. The Hall–Kier alpha value is -1.02. The first-order chi connectivity index (χ1) is 8.40. The molecule has 0 aliphatic carbocycles. The van der Waals surface area contributed by atoms with Crippen LogP contribution in [-0.4, -0.2) is 19.2 Å². The Balaban J connectivity index is 1.96. The van der Waals surface area contributed by atoms with E-state index in [0.29, 0.717) is 12.0 Å². The van der Waals surface area contributed by atoms with Crippen LogP contribution in [0.3, 0.4) is 0 Å². The zero-order valence-corrected chi connectivity index (χ0v) is 10.6. The minimum Gasteiger partial charge on any atom is -0.490 e. The third-order valence-electron chi connectivity index (χ3n) is 3.45. The maximum absolute atomic E-state index is 6.14. The molecule has 1 aromatic carbocycles. The van der Waals surface area contributed by atoms with E-state index in [0.717, 1.165) is 25.3 Å². The van der Waals surface area contributed by atoms with Crippen molar-refractivity contribution in [2.75, 3.05) is 13.1 Å². The van der Waals surface area contributed by atoms with Gasteiger partial charge in [0.2, 0.25) is 0 Å². The minimum absolute atomic E-state index is 0.373. The molecule has 2 rings (SSSR count). The summed E-state index contributed by atoms with van der Waals surface area (Å²) in [4.78, 5) is 0. The van der Waals surface area contributed by atoms with Crippen LogP contribution in [0.1, 0.15) is 32.6 Å².